The molecule has 0 amide bonds. The van der Waals surface area contributed by atoms with Gasteiger partial charge in [-0.2, -0.15) is 0 Å². The Morgan fingerprint density at radius 1 is 0.400 bits per heavy atom. The van der Waals surface area contributed by atoms with E-state index in [2.05, 4.69) is 140 Å². The van der Waals surface area contributed by atoms with Crippen LogP contribution >= 0.6 is 23.5 Å². The van der Waals surface area contributed by atoms with Gasteiger partial charge in [0.2, 0.25) is 0 Å². The van der Waals surface area contributed by atoms with E-state index >= 15 is 0 Å². The van der Waals surface area contributed by atoms with Gasteiger partial charge >= 0.3 is 0 Å². The van der Waals surface area contributed by atoms with Crippen LogP contribution in [0, 0.1) is 0 Å². The second-order valence-electron chi connectivity index (χ2n) is 17.7. The summed E-state index contributed by atoms with van der Waals surface area (Å²) in [6, 6.07) is 12.8. The van der Waals surface area contributed by atoms with Crippen LogP contribution in [0.4, 0.5) is 0 Å². The molecule has 5 heteroatoms. The van der Waals surface area contributed by atoms with Crippen molar-refractivity contribution in [2.45, 2.75) is 152 Å². The van der Waals surface area contributed by atoms with Gasteiger partial charge in [-0.05, 0) is 62.5 Å². The number of phenols is 3. The van der Waals surface area contributed by atoms with Crippen LogP contribution < -0.4 is 0 Å². The highest BCUT2D eigenvalue weighted by Gasteiger charge is 2.29. The van der Waals surface area contributed by atoms with Crippen molar-refractivity contribution >= 4 is 23.5 Å². The van der Waals surface area contributed by atoms with Crippen LogP contribution in [0.15, 0.2) is 46.2 Å². The molecule has 0 aliphatic carbocycles. The molecular weight excluding hydrogens is 593 g/mol. The molecule has 0 bridgehead atoms. The maximum Gasteiger partial charge on any atom is 0.123 e. The molecule has 0 aliphatic rings. The summed E-state index contributed by atoms with van der Waals surface area (Å²) >= 11 is 3.48. The number of phenolic OH excluding ortho intramolecular Hbond substituents is 3. The van der Waals surface area contributed by atoms with Gasteiger partial charge in [-0.25, -0.2) is 0 Å². The lowest BCUT2D eigenvalue weighted by Gasteiger charge is -2.28. The minimum absolute atomic E-state index is 0.184. The molecule has 0 saturated heterocycles. The Morgan fingerprint density at radius 3 is 1.00 bits per heavy atom. The van der Waals surface area contributed by atoms with Crippen molar-refractivity contribution in [2.75, 3.05) is 0 Å². The summed E-state index contributed by atoms with van der Waals surface area (Å²) in [4.78, 5) is 2.23. The maximum absolute atomic E-state index is 11.5. The Balaban J connectivity index is 2.03. The van der Waals surface area contributed by atoms with Crippen molar-refractivity contribution in [1.82, 2.24) is 0 Å². The van der Waals surface area contributed by atoms with E-state index in [9.17, 15) is 15.3 Å². The molecule has 3 rings (SSSR count). The fraction of sp³-hybridized carbons (Fsp3) is 0.550. The van der Waals surface area contributed by atoms with E-state index in [-0.39, 0.29) is 27.1 Å². The van der Waals surface area contributed by atoms with Crippen LogP contribution in [0.1, 0.15) is 143 Å². The highest BCUT2D eigenvalue weighted by atomic mass is 32.2. The van der Waals surface area contributed by atoms with E-state index in [1.807, 2.05) is 0 Å². The zero-order valence-corrected chi connectivity index (χ0v) is 32.2. The predicted molar refractivity (Wildman–Crippen MR) is 197 cm³/mol. The summed E-state index contributed by atoms with van der Waals surface area (Å²) in [5.74, 6) is 2.52. The van der Waals surface area contributed by atoms with Crippen molar-refractivity contribution in [3.63, 3.8) is 0 Å². The van der Waals surface area contributed by atoms with Gasteiger partial charge in [0.1, 0.15) is 17.2 Å². The van der Waals surface area contributed by atoms with E-state index in [1.165, 1.54) is 0 Å². The van der Waals surface area contributed by atoms with E-state index in [1.54, 1.807) is 23.5 Å². The SMILES string of the molecule is CC(C)(C)c1cc(CSc2cc(C(C)(C)C)c(O)c(C(C)(C)C)c2)cc(CSc2cc(C(C)(C)C)c(O)c(C(C)(C)C)c2)c1O. The lowest BCUT2D eigenvalue weighted by atomic mass is 9.79. The minimum Gasteiger partial charge on any atom is -0.507 e. The summed E-state index contributed by atoms with van der Waals surface area (Å²) in [5.41, 5.74) is 5.86. The largest absolute Gasteiger partial charge is 0.507 e. The fourth-order valence-electron chi connectivity index (χ4n) is 5.52. The van der Waals surface area contributed by atoms with Gasteiger partial charge in [0.25, 0.3) is 0 Å². The molecule has 3 nitrogen and oxygen atoms in total. The molecule has 3 aromatic rings. The van der Waals surface area contributed by atoms with Gasteiger partial charge in [-0.3, -0.25) is 0 Å². The van der Waals surface area contributed by atoms with E-state index in [4.69, 9.17) is 0 Å². The molecule has 0 fully saturated rings. The van der Waals surface area contributed by atoms with Gasteiger partial charge in [0.15, 0.2) is 0 Å². The number of aromatic hydroxyl groups is 3. The van der Waals surface area contributed by atoms with Crippen LogP contribution in [-0.4, -0.2) is 15.3 Å². The highest BCUT2D eigenvalue weighted by molar-refractivity contribution is 7.98. The summed E-state index contributed by atoms with van der Waals surface area (Å²) in [7, 11) is 0. The van der Waals surface area contributed by atoms with Crippen molar-refractivity contribution in [2.24, 2.45) is 0 Å². The molecule has 0 heterocycles. The molecule has 45 heavy (non-hydrogen) atoms. The van der Waals surface area contributed by atoms with Crippen molar-refractivity contribution in [3.05, 3.63) is 75.3 Å². The van der Waals surface area contributed by atoms with Gasteiger partial charge in [-0.1, -0.05) is 116 Å². The monoisotopic (exact) mass is 650 g/mol. The molecular formula is C40H58O3S2. The maximum atomic E-state index is 11.5. The van der Waals surface area contributed by atoms with Gasteiger partial charge in [0, 0.05) is 49.1 Å². The summed E-state index contributed by atoms with van der Waals surface area (Å²) < 4.78 is 0. The molecule has 0 spiro atoms. The first-order valence-corrected chi connectivity index (χ1v) is 18.0. The average Bonchev–Trinajstić information content (AvgIpc) is 2.85. The number of rotatable bonds is 6. The first kappa shape index (κ1) is 37.2. The first-order valence-electron chi connectivity index (χ1n) is 16.1. The Hall–Kier alpha value is -2.24. The minimum atomic E-state index is -0.223. The van der Waals surface area contributed by atoms with E-state index in [0.717, 1.165) is 54.5 Å². The zero-order chi connectivity index (χ0) is 34.5. The summed E-state index contributed by atoms with van der Waals surface area (Å²) in [6.07, 6.45) is 0. The molecule has 248 valence electrons. The van der Waals surface area contributed by atoms with Crippen LogP contribution in [0.3, 0.4) is 0 Å². The molecule has 0 radical (unpaired) electrons. The Morgan fingerprint density at radius 2 is 0.689 bits per heavy atom. The zero-order valence-electron chi connectivity index (χ0n) is 30.5. The van der Waals surface area contributed by atoms with Gasteiger partial charge < -0.3 is 15.3 Å². The first-order chi connectivity index (χ1) is 20.2. The van der Waals surface area contributed by atoms with Crippen molar-refractivity contribution < 1.29 is 15.3 Å². The number of hydrogen-bond donors (Lipinski definition) is 3. The van der Waals surface area contributed by atoms with Gasteiger partial charge in [-0.15, -0.1) is 23.5 Å². The molecule has 0 atom stereocenters. The Bertz CT molecular complexity index is 1460. The van der Waals surface area contributed by atoms with Crippen LogP contribution in [0.25, 0.3) is 0 Å². The normalized spacial score (nSPS) is 13.4. The van der Waals surface area contributed by atoms with E-state index in [0.29, 0.717) is 23.0 Å². The quantitative estimate of drug-likeness (QED) is 0.232. The lowest BCUT2D eigenvalue weighted by Crippen LogP contribution is -2.17. The third kappa shape index (κ3) is 8.98. The second-order valence-corrected chi connectivity index (χ2v) is 19.8. The molecule has 3 aromatic carbocycles. The standard InChI is InChI=1S/C40H58O3S2/c1-36(2,3)28-17-24(22-44-26-18-29(37(4,5)6)34(42)30(19-26)38(7,8)9)16-25(33(28)41)23-45-27-20-31(39(10,11)12)35(43)32(21-27)40(13,14)15/h16-21,41-43H,22-23H2,1-15H3. The lowest BCUT2D eigenvalue weighted by molar-refractivity contribution is 0.421. The Labute approximate surface area is 282 Å². The topological polar surface area (TPSA) is 60.7 Å². The van der Waals surface area contributed by atoms with Crippen molar-refractivity contribution in [1.29, 1.82) is 0 Å². The third-order valence-electron chi connectivity index (χ3n) is 8.26. The fourth-order valence-corrected chi connectivity index (χ4v) is 7.37. The van der Waals surface area contributed by atoms with Crippen molar-refractivity contribution in [3.8, 4) is 17.2 Å². The van der Waals surface area contributed by atoms with Crippen LogP contribution in [-0.2, 0) is 38.6 Å². The highest BCUT2D eigenvalue weighted by Crippen LogP contribution is 2.45. The van der Waals surface area contributed by atoms with Crippen LogP contribution in [0.5, 0.6) is 17.2 Å². The molecule has 0 aromatic heterocycles. The number of benzene rings is 3. The number of thioether (sulfide) groups is 2. The molecule has 0 aliphatic heterocycles. The predicted octanol–water partition coefficient (Wildman–Crippen LogP) is 11.9. The van der Waals surface area contributed by atoms with Gasteiger partial charge in [0.05, 0.1) is 0 Å². The Kier molecular flexibility index (Phi) is 10.5. The smallest absolute Gasteiger partial charge is 0.123 e. The van der Waals surface area contributed by atoms with Crippen LogP contribution in [0.2, 0.25) is 0 Å². The average molecular weight is 651 g/mol. The number of hydrogen-bond acceptors (Lipinski definition) is 5. The second kappa shape index (κ2) is 12.8. The molecule has 3 N–H and O–H groups in total. The third-order valence-corrected chi connectivity index (χ3v) is 10.3. The summed E-state index contributed by atoms with van der Waals surface area (Å²) in [6.45, 7) is 32.1. The molecule has 0 saturated carbocycles. The molecule has 0 unspecified atom stereocenters. The van der Waals surface area contributed by atoms with E-state index < -0.39 is 0 Å². The summed E-state index contributed by atoms with van der Waals surface area (Å²) in [5, 5.41) is 33.9.